The maximum Gasteiger partial charge on any atom is 0.258 e. The molecule has 2 aliphatic heterocycles. The highest BCUT2D eigenvalue weighted by Gasteiger charge is 2.33. The molecule has 29 heavy (non-hydrogen) atoms. The second kappa shape index (κ2) is 7.05. The van der Waals surface area contributed by atoms with Gasteiger partial charge in [0.25, 0.3) is 5.91 Å². The first-order chi connectivity index (χ1) is 14.2. The molecule has 0 radical (unpaired) electrons. The summed E-state index contributed by atoms with van der Waals surface area (Å²) in [5.74, 6) is 2.16. The van der Waals surface area contributed by atoms with Gasteiger partial charge >= 0.3 is 0 Å². The number of carbonyl (C=O) groups is 1. The van der Waals surface area contributed by atoms with Gasteiger partial charge in [-0.05, 0) is 47.5 Å². The van der Waals surface area contributed by atoms with Gasteiger partial charge in [0.2, 0.25) is 6.79 Å². The summed E-state index contributed by atoms with van der Waals surface area (Å²) in [4.78, 5) is 15.2. The normalized spacial score (nSPS) is 16.9. The Bertz CT molecular complexity index is 1080. The van der Waals surface area contributed by atoms with Crippen LogP contribution >= 0.6 is 0 Å². The fraction of sp³-hybridized carbons (Fsp3) is 0.174. The van der Waals surface area contributed by atoms with Gasteiger partial charge in [-0.3, -0.25) is 4.79 Å². The number of para-hydroxylation sites is 1. The second-order valence-electron chi connectivity index (χ2n) is 6.99. The van der Waals surface area contributed by atoms with Crippen molar-refractivity contribution < 1.29 is 19.0 Å². The Balaban J connectivity index is 1.54. The van der Waals surface area contributed by atoms with Gasteiger partial charge in [0.05, 0.1) is 12.7 Å². The van der Waals surface area contributed by atoms with E-state index < -0.39 is 0 Å². The third-order valence-corrected chi connectivity index (χ3v) is 5.22. The highest BCUT2D eigenvalue weighted by molar-refractivity contribution is 6.01. The number of rotatable bonds is 4. The van der Waals surface area contributed by atoms with E-state index in [1.165, 1.54) is 0 Å². The molecule has 2 aliphatic rings. The third kappa shape index (κ3) is 3.12. The number of hydrogen-bond donors (Lipinski definition) is 1. The van der Waals surface area contributed by atoms with Crippen LogP contribution in [0.15, 0.2) is 66.7 Å². The van der Waals surface area contributed by atoms with Crippen molar-refractivity contribution in [1.29, 1.82) is 0 Å². The number of nitrogens with one attached hydrogen (secondary N) is 1. The van der Waals surface area contributed by atoms with Crippen LogP contribution in [0.2, 0.25) is 0 Å². The number of ether oxygens (including phenoxy) is 3. The molecule has 0 saturated heterocycles. The summed E-state index contributed by atoms with van der Waals surface area (Å²) in [6.45, 7) is 0.654. The van der Waals surface area contributed by atoms with Gasteiger partial charge < -0.3 is 24.4 Å². The minimum absolute atomic E-state index is 0.0233. The zero-order chi connectivity index (χ0) is 19.8. The lowest BCUT2D eigenvalue weighted by Gasteiger charge is -2.38. The molecule has 6 nitrogen and oxygen atoms in total. The number of nitrogens with zero attached hydrogens (tertiary/aromatic N) is 1. The molecule has 3 aromatic rings. The fourth-order valence-electron chi connectivity index (χ4n) is 3.77. The summed E-state index contributed by atoms with van der Waals surface area (Å²) in [6, 6.07) is 21.1. The molecule has 0 saturated carbocycles. The second-order valence-corrected chi connectivity index (χ2v) is 6.99. The van der Waals surface area contributed by atoms with Crippen LogP contribution in [0.25, 0.3) is 0 Å². The number of methoxy groups -OCH3 is 1. The van der Waals surface area contributed by atoms with Gasteiger partial charge in [0, 0.05) is 12.2 Å². The highest BCUT2D eigenvalue weighted by Crippen LogP contribution is 2.37. The lowest BCUT2D eigenvalue weighted by Crippen LogP contribution is -2.42. The molecule has 1 atom stereocenters. The van der Waals surface area contributed by atoms with Crippen LogP contribution in [0.1, 0.15) is 27.7 Å². The Morgan fingerprint density at radius 2 is 1.90 bits per heavy atom. The zero-order valence-corrected chi connectivity index (χ0v) is 15.9. The Hall–Kier alpha value is -3.67. The van der Waals surface area contributed by atoms with E-state index in [1.54, 1.807) is 7.11 Å². The van der Waals surface area contributed by atoms with Gasteiger partial charge in [-0.15, -0.1) is 0 Å². The van der Waals surface area contributed by atoms with Gasteiger partial charge in [-0.25, -0.2) is 0 Å². The molecule has 0 fully saturated rings. The Morgan fingerprint density at radius 3 is 2.79 bits per heavy atom. The molecular formula is C23H20N2O4. The minimum Gasteiger partial charge on any atom is -0.497 e. The quantitative estimate of drug-likeness (QED) is 0.726. The third-order valence-electron chi connectivity index (χ3n) is 5.22. The first-order valence-electron chi connectivity index (χ1n) is 9.42. The van der Waals surface area contributed by atoms with Crippen molar-refractivity contribution >= 4 is 11.6 Å². The molecule has 0 unspecified atom stereocenters. The molecule has 1 amide bonds. The van der Waals surface area contributed by atoms with Crippen molar-refractivity contribution in [3.05, 3.63) is 83.4 Å². The molecule has 0 bridgehead atoms. The van der Waals surface area contributed by atoms with Crippen molar-refractivity contribution in [2.75, 3.05) is 19.2 Å². The Labute approximate surface area is 168 Å². The number of hydrogen-bond acceptors (Lipinski definition) is 5. The van der Waals surface area contributed by atoms with Crippen molar-refractivity contribution in [2.45, 2.75) is 12.7 Å². The smallest absolute Gasteiger partial charge is 0.258 e. The summed E-state index contributed by atoms with van der Waals surface area (Å²) in [7, 11) is 1.64. The van der Waals surface area contributed by atoms with Crippen molar-refractivity contribution in [3.8, 4) is 17.2 Å². The van der Waals surface area contributed by atoms with E-state index in [0.29, 0.717) is 17.9 Å². The Kier molecular flexibility index (Phi) is 4.24. The van der Waals surface area contributed by atoms with Crippen LogP contribution in [0.4, 0.5) is 5.69 Å². The molecule has 0 aromatic heterocycles. The lowest BCUT2D eigenvalue weighted by molar-refractivity contribution is 0.0666. The van der Waals surface area contributed by atoms with Crippen molar-refractivity contribution in [3.63, 3.8) is 0 Å². The van der Waals surface area contributed by atoms with Crippen LogP contribution in [0.5, 0.6) is 17.2 Å². The van der Waals surface area contributed by atoms with Gasteiger partial charge in [0.15, 0.2) is 11.5 Å². The molecule has 6 heteroatoms. The van der Waals surface area contributed by atoms with Crippen molar-refractivity contribution in [1.82, 2.24) is 4.90 Å². The van der Waals surface area contributed by atoms with E-state index in [2.05, 4.69) is 5.32 Å². The molecular weight excluding hydrogens is 368 g/mol. The predicted octanol–water partition coefficient (Wildman–Crippen LogP) is 4.19. The molecule has 0 spiro atoms. The van der Waals surface area contributed by atoms with Gasteiger partial charge in [-0.2, -0.15) is 0 Å². The lowest BCUT2D eigenvalue weighted by atomic mass is 10.0. The average molecular weight is 388 g/mol. The van der Waals surface area contributed by atoms with Gasteiger partial charge in [-0.1, -0.05) is 30.3 Å². The van der Waals surface area contributed by atoms with E-state index in [0.717, 1.165) is 28.3 Å². The standard InChI is InChI=1S/C23H20N2O4/c1-27-17-6-4-5-16(12-17)22-24-19-8-3-2-7-18(19)23(26)25(22)13-15-9-10-20-21(11-15)29-14-28-20/h2-12,22,24H,13-14H2,1H3/t22-/m1/s1. The van der Waals surface area contributed by atoms with Crippen LogP contribution < -0.4 is 19.5 Å². The minimum atomic E-state index is -0.321. The monoisotopic (exact) mass is 388 g/mol. The summed E-state index contributed by atoms with van der Waals surface area (Å²) in [6.07, 6.45) is -0.321. The average Bonchev–Trinajstić information content (AvgIpc) is 3.23. The van der Waals surface area contributed by atoms with Crippen LogP contribution in [-0.4, -0.2) is 24.7 Å². The Morgan fingerprint density at radius 1 is 1.03 bits per heavy atom. The SMILES string of the molecule is COc1cccc([C@@H]2Nc3ccccc3C(=O)N2Cc2ccc3c(c2)OCO3)c1. The topological polar surface area (TPSA) is 60.0 Å². The zero-order valence-electron chi connectivity index (χ0n) is 15.9. The van der Waals surface area contributed by atoms with Crippen LogP contribution in [0, 0.1) is 0 Å². The number of benzene rings is 3. The molecule has 0 aliphatic carbocycles. The van der Waals surface area contributed by atoms with E-state index in [-0.39, 0.29) is 18.9 Å². The summed E-state index contributed by atoms with van der Waals surface area (Å²) in [5, 5.41) is 3.51. The summed E-state index contributed by atoms with van der Waals surface area (Å²) >= 11 is 0. The summed E-state index contributed by atoms with van der Waals surface area (Å²) < 4.78 is 16.3. The van der Waals surface area contributed by atoms with Crippen molar-refractivity contribution in [2.24, 2.45) is 0 Å². The van der Waals surface area contributed by atoms with Crippen LogP contribution in [-0.2, 0) is 6.54 Å². The molecule has 5 rings (SSSR count). The molecule has 2 heterocycles. The van der Waals surface area contributed by atoms with E-state index in [1.807, 2.05) is 71.6 Å². The first-order valence-corrected chi connectivity index (χ1v) is 9.42. The van der Waals surface area contributed by atoms with Gasteiger partial charge in [0.1, 0.15) is 11.9 Å². The number of anilines is 1. The number of fused-ring (bicyclic) bond motifs is 2. The number of amides is 1. The maximum absolute atomic E-state index is 13.4. The predicted molar refractivity (Wildman–Crippen MR) is 108 cm³/mol. The first kappa shape index (κ1) is 17.4. The largest absolute Gasteiger partial charge is 0.497 e. The van der Waals surface area contributed by atoms with E-state index in [9.17, 15) is 4.79 Å². The molecule has 146 valence electrons. The molecule has 3 aromatic carbocycles. The van der Waals surface area contributed by atoms with E-state index in [4.69, 9.17) is 14.2 Å². The fourth-order valence-corrected chi connectivity index (χ4v) is 3.77. The van der Waals surface area contributed by atoms with E-state index >= 15 is 0 Å². The highest BCUT2D eigenvalue weighted by atomic mass is 16.7. The number of carbonyl (C=O) groups excluding carboxylic acids is 1. The summed E-state index contributed by atoms with van der Waals surface area (Å²) in [5.41, 5.74) is 3.41. The molecule has 1 N–H and O–H groups in total. The van der Waals surface area contributed by atoms with Crippen LogP contribution in [0.3, 0.4) is 0 Å². The maximum atomic E-state index is 13.4.